The van der Waals surface area contributed by atoms with Crippen molar-refractivity contribution in [1.29, 1.82) is 0 Å². The highest BCUT2D eigenvalue weighted by Gasteiger charge is 2.18. The van der Waals surface area contributed by atoms with Gasteiger partial charge in [0, 0.05) is 51.4 Å². The van der Waals surface area contributed by atoms with Gasteiger partial charge in [-0.3, -0.25) is 4.79 Å². The molecule has 5 nitrogen and oxygen atoms in total. The molecule has 6 heteroatoms. The maximum Gasteiger partial charge on any atom is 0.185 e. The van der Waals surface area contributed by atoms with Gasteiger partial charge in [-0.15, -0.1) is 0 Å². The second-order valence-corrected chi connectivity index (χ2v) is 13.6. The molecule has 0 saturated heterocycles. The molecule has 0 radical (unpaired) electrons. The van der Waals surface area contributed by atoms with E-state index in [0.29, 0.717) is 0 Å². The number of hydrogen-bond donors (Lipinski definition) is 2. The number of nitrogens with zero attached hydrogens (tertiary/aromatic N) is 2. The van der Waals surface area contributed by atoms with Gasteiger partial charge >= 0.3 is 0 Å². The zero-order chi connectivity index (χ0) is 32.9. The van der Waals surface area contributed by atoms with E-state index in [4.69, 9.17) is 9.97 Å². The van der Waals surface area contributed by atoms with Crippen LogP contribution in [0.15, 0.2) is 84.9 Å². The van der Waals surface area contributed by atoms with E-state index in [9.17, 15) is 4.79 Å². The maximum absolute atomic E-state index is 11.6. The Morgan fingerprint density at radius 2 is 1.06 bits per heavy atom. The smallest absolute Gasteiger partial charge is 0.185 e. The Morgan fingerprint density at radius 1 is 0.583 bits per heavy atom. The minimum Gasteiger partial charge on any atom is -0.355 e. The third-order valence-electron chi connectivity index (χ3n) is 9.00. The fraction of sp³-hybridized carbons (Fsp3) is 0.214. The molecule has 7 rings (SSSR count). The number of aromatic nitrogens is 4. The van der Waals surface area contributed by atoms with Crippen LogP contribution in [-0.2, 0) is 17.6 Å². The van der Waals surface area contributed by atoms with E-state index in [1.807, 2.05) is 0 Å². The second-order valence-electron chi connectivity index (χ2n) is 12.3. The Hall–Kier alpha value is -4.94. The number of carbonyl (C=O) groups excluding carboxylic acids is 1. The van der Waals surface area contributed by atoms with Crippen molar-refractivity contribution in [1.82, 2.24) is 19.9 Å². The van der Waals surface area contributed by atoms with Crippen molar-refractivity contribution < 1.29 is 4.79 Å². The van der Waals surface area contributed by atoms with Crippen molar-refractivity contribution in [3.63, 3.8) is 0 Å². The number of aryl methyl sites for hydroxylation is 1. The fourth-order valence-electron chi connectivity index (χ4n) is 6.64. The van der Waals surface area contributed by atoms with E-state index in [1.165, 1.54) is 17.3 Å². The zero-order valence-corrected chi connectivity index (χ0v) is 28.4. The molecular weight excluding hydrogens is 609 g/mol. The van der Waals surface area contributed by atoms with Crippen molar-refractivity contribution in [2.45, 2.75) is 52.4 Å². The monoisotopic (exact) mass is 648 g/mol. The zero-order valence-electron chi connectivity index (χ0n) is 27.6. The summed E-state index contributed by atoms with van der Waals surface area (Å²) in [6.45, 7) is 3.88. The molecule has 5 heterocycles. The molecule has 0 saturated carbocycles. The number of benzene rings is 2. The largest absolute Gasteiger partial charge is 0.355 e. The van der Waals surface area contributed by atoms with Gasteiger partial charge in [-0.1, -0.05) is 85.8 Å². The first-order valence-electron chi connectivity index (χ1n) is 17.0. The minimum absolute atomic E-state index is 0.167. The van der Waals surface area contributed by atoms with Gasteiger partial charge in [-0.25, -0.2) is 9.97 Å². The van der Waals surface area contributed by atoms with Crippen LogP contribution in [0.25, 0.3) is 68.6 Å². The lowest BCUT2D eigenvalue weighted by Crippen LogP contribution is -1.97. The molecule has 0 amide bonds. The summed E-state index contributed by atoms with van der Waals surface area (Å²) in [4.78, 5) is 29.8. The van der Waals surface area contributed by atoms with E-state index in [2.05, 4.69) is 126 Å². The maximum atomic E-state index is 11.6. The Kier molecular flexibility index (Phi) is 9.53. The number of fused-ring (bicyclic) bond motifs is 8. The van der Waals surface area contributed by atoms with E-state index < -0.39 is 0 Å². The van der Waals surface area contributed by atoms with Crippen LogP contribution in [0.5, 0.6) is 0 Å². The lowest BCUT2D eigenvalue weighted by atomic mass is 10.0. The van der Waals surface area contributed by atoms with Gasteiger partial charge < -0.3 is 9.97 Å². The summed E-state index contributed by atoms with van der Waals surface area (Å²) in [7, 11) is 0. The standard InChI is InChI=1S/C42H40N4OS/c1-3-4-17-31-33-19-23-37(43-33)41(29-13-7-5-8-14-29)39-25-21-35(45-39)32(18-11-12-27-48-28(2)47)36-22-26-40(46-36)42(30-15-9-6-10-16-30)38-24-20-34(31)44-38/h5-10,13-16,19-26,43-44H,3-4,11-12,17-18,27H2,1-2H3. The third-order valence-corrected chi connectivity index (χ3v) is 9.90. The van der Waals surface area contributed by atoms with Crippen LogP contribution in [0.4, 0.5) is 0 Å². The topological polar surface area (TPSA) is 74.4 Å². The van der Waals surface area contributed by atoms with Gasteiger partial charge in [-0.05, 0) is 97.4 Å². The van der Waals surface area contributed by atoms with Crippen LogP contribution in [0, 0.1) is 0 Å². The van der Waals surface area contributed by atoms with Crippen LogP contribution in [0.3, 0.4) is 0 Å². The highest BCUT2D eigenvalue weighted by Crippen LogP contribution is 2.35. The third kappa shape index (κ3) is 6.71. The number of nitrogens with one attached hydrogen (secondary N) is 2. The Morgan fingerprint density at radius 3 is 1.56 bits per heavy atom. The quantitative estimate of drug-likeness (QED) is 0.145. The number of rotatable bonds is 10. The van der Waals surface area contributed by atoms with Crippen LogP contribution in [0.2, 0.25) is 0 Å². The van der Waals surface area contributed by atoms with Crippen molar-refractivity contribution in [3.05, 3.63) is 119 Å². The molecule has 2 aromatic carbocycles. The van der Waals surface area contributed by atoms with Crippen molar-refractivity contribution >= 4 is 63.2 Å². The number of unbranched alkanes of at least 4 members (excludes halogenated alkanes) is 2. The number of carbonyl (C=O) groups is 1. The molecule has 0 unspecified atom stereocenters. The predicted molar refractivity (Wildman–Crippen MR) is 204 cm³/mol. The van der Waals surface area contributed by atoms with Crippen LogP contribution >= 0.6 is 11.8 Å². The first kappa shape index (κ1) is 31.6. The van der Waals surface area contributed by atoms with Crippen molar-refractivity contribution in [2.75, 3.05) is 5.75 Å². The summed E-state index contributed by atoms with van der Waals surface area (Å²) in [5.41, 5.74) is 14.9. The Balaban J connectivity index is 1.54. The molecule has 2 aliphatic heterocycles. The van der Waals surface area contributed by atoms with Gasteiger partial charge in [-0.2, -0.15) is 0 Å². The second kappa shape index (κ2) is 14.4. The summed E-state index contributed by atoms with van der Waals surface area (Å²) in [5.74, 6) is 0.821. The van der Waals surface area contributed by atoms with E-state index in [-0.39, 0.29) is 5.12 Å². The highest BCUT2D eigenvalue weighted by molar-refractivity contribution is 8.13. The minimum atomic E-state index is 0.167. The molecular formula is C42H40N4OS. The normalized spacial score (nSPS) is 12.1. The molecule has 0 spiro atoms. The Labute approximate surface area is 286 Å². The van der Waals surface area contributed by atoms with Gasteiger partial charge in [0.1, 0.15) is 0 Å². The summed E-state index contributed by atoms with van der Waals surface area (Å²) >= 11 is 1.40. The van der Waals surface area contributed by atoms with Crippen LogP contribution in [0.1, 0.15) is 73.4 Å². The Bertz CT molecular complexity index is 2040. The molecule has 2 N–H and O–H groups in total. The van der Waals surface area contributed by atoms with Crippen LogP contribution in [-0.4, -0.2) is 30.8 Å². The van der Waals surface area contributed by atoms with Crippen molar-refractivity contribution in [2.24, 2.45) is 0 Å². The van der Waals surface area contributed by atoms with Gasteiger partial charge in [0.25, 0.3) is 0 Å². The molecule has 8 bridgehead atoms. The number of thioether (sulfide) groups is 1. The SMILES string of the molecule is CCCCc1c2ccc([nH]2)c(-c2ccccc2)c2nc(c(CCCCSC(C)=O)c3nc(c(-c4ccccc4)c4ccc1[nH]4)C=C3)C=C2. The molecule has 240 valence electrons. The van der Waals surface area contributed by atoms with Crippen LogP contribution < -0.4 is 0 Å². The predicted octanol–water partition coefficient (Wildman–Crippen LogP) is 10.9. The molecule has 5 aromatic rings. The van der Waals surface area contributed by atoms with Gasteiger partial charge in [0.2, 0.25) is 0 Å². The number of hydrogen-bond acceptors (Lipinski definition) is 4. The summed E-state index contributed by atoms with van der Waals surface area (Å²) in [6, 6.07) is 29.9. The molecule has 3 aromatic heterocycles. The average molecular weight is 649 g/mol. The number of H-pyrrole nitrogens is 2. The first-order valence-corrected chi connectivity index (χ1v) is 18.0. The first-order chi connectivity index (χ1) is 23.6. The average Bonchev–Trinajstić information content (AvgIpc) is 3.94. The summed E-state index contributed by atoms with van der Waals surface area (Å²) in [5, 5.41) is 0.167. The molecule has 48 heavy (non-hydrogen) atoms. The van der Waals surface area contributed by atoms with E-state index >= 15 is 0 Å². The highest BCUT2D eigenvalue weighted by atomic mass is 32.2. The van der Waals surface area contributed by atoms with Crippen molar-refractivity contribution in [3.8, 4) is 22.3 Å². The molecule has 0 atom stereocenters. The summed E-state index contributed by atoms with van der Waals surface area (Å²) in [6.07, 6.45) is 14.5. The molecule has 0 fully saturated rings. The summed E-state index contributed by atoms with van der Waals surface area (Å²) < 4.78 is 0. The number of aromatic amines is 2. The van der Waals surface area contributed by atoms with E-state index in [1.54, 1.807) is 6.92 Å². The fourth-order valence-corrected chi connectivity index (χ4v) is 7.28. The van der Waals surface area contributed by atoms with Gasteiger partial charge in [0.15, 0.2) is 5.12 Å². The lowest BCUT2D eigenvalue weighted by molar-refractivity contribution is -0.109. The molecule has 0 aliphatic carbocycles. The van der Waals surface area contributed by atoms with Gasteiger partial charge in [0.05, 0.1) is 22.8 Å². The molecule has 2 aliphatic rings. The lowest BCUT2D eigenvalue weighted by Gasteiger charge is -2.06. The van der Waals surface area contributed by atoms with E-state index in [0.717, 1.165) is 117 Å².